The third kappa shape index (κ3) is 3.65. The summed E-state index contributed by atoms with van der Waals surface area (Å²) in [6.07, 6.45) is 0. The minimum atomic E-state index is 0.298. The second-order valence-corrected chi connectivity index (χ2v) is 5.61. The molecule has 6 heteroatoms. The minimum absolute atomic E-state index is 0.298. The van der Waals surface area contributed by atoms with Crippen LogP contribution in [-0.2, 0) is 6.61 Å². The molecular formula is C16H13BrClNO3. The molecule has 2 aromatic carbocycles. The van der Waals surface area contributed by atoms with Crippen LogP contribution in [0.4, 0.5) is 0 Å². The van der Waals surface area contributed by atoms with Crippen LogP contribution in [0.5, 0.6) is 17.2 Å². The maximum atomic E-state index is 8.82. The van der Waals surface area contributed by atoms with Crippen molar-refractivity contribution in [3.63, 3.8) is 0 Å². The maximum Gasteiger partial charge on any atom is 0.161 e. The van der Waals surface area contributed by atoms with Crippen LogP contribution in [-0.4, -0.2) is 14.2 Å². The van der Waals surface area contributed by atoms with Crippen molar-refractivity contribution in [2.75, 3.05) is 14.2 Å². The molecule has 0 aliphatic rings. The second-order valence-electron chi connectivity index (χ2n) is 4.34. The Morgan fingerprint density at radius 1 is 1.09 bits per heavy atom. The smallest absolute Gasteiger partial charge is 0.161 e. The molecule has 0 aliphatic carbocycles. The summed E-state index contributed by atoms with van der Waals surface area (Å²) in [5.74, 6) is 1.77. The highest BCUT2D eigenvalue weighted by molar-refractivity contribution is 9.10. The van der Waals surface area contributed by atoms with Gasteiger partial charge < -0.3 is 14.2 Å². The van der Waals surface area contributed by atoms with Crippen LogP contribution in [0.25, 0.3) is 0 Å². The summed E-state index contributed by atoms with van der Waals surface area (Å²) in [6.45, 7) is 0.298. The van der Waals surface area contributed by atoms with Gasteiger partial charge in [0.25, 0.3) is 0 Å². The fourth-order valence-electron chi connectivity index (χ4n) is 1.85. The first-order valence-corrected chi connectivity index (χ1v) is 7.49. The largest absolute Gasteiger partial charge is 0.493 e. The zero-order chi connectivity index (χ0) is 16.1. The molecule has 0 spiro atoms. The number of nitriles is 1. The van der Waals surface area contributed by atoms with Crippen LogP contribution in [0.1, 0.15) is 11.1 Å². The van der Waals surface area contributed by atoms with E-state index in [1.807, 2.05) is 18.2 Å². The Hall–Kier alpha value is -1.90. The third-order valence-electron chi connectivity index (χ3n) is 3.00. The average Bonchev–Trinajstić information content (AvgIpc) is 2.54. The number of methoxy groups -OCH3 is 2. The van der Waals surface area contributed by atoms with E-state index >= 15 is 0 Å². The summed E-state index contributed by atoms with van der Waals surface area (Å²) in [6, 6.07) is 10.6. The Balaban J connectivity index is 2.20. The molecule has 0 heterocycles. The number of halogens is 2. The molecular weight excluding hydrogens is 370 g/mol. The van der Waals surface area contributed by atoms with E-state index < -0.39 is 0 Å². The van der Waals surface area contributed by atoms with Crippen molar-refractivity contribution < 1.29 is 14.2 Å². The van der Waals surface area contributed by atoms with E-state index in [4.69, 9.17) is 31.1 Å². The van der Waals surface area contributed by atoms with Gasteiger partial charge in [-0.05, 0) is 30.3 Å². The fourth-order valence-corrected chi connectivity index (χ4v) is 2.52. The van der Waals surface area contributed by atoms with Crippen molar-refractivity contribution in [3.8, 4) is 23.3 Å². The van der Waals surface area contributed by atoms with Gasteiger partial charge in [-0.3, -0.25) is 0 Å². The van der Waals surface area contributed by atoms with Crippen molar-refractivity contribution in [1.82, 2.24) is 0 Å². The highest BCUT2D eigenvalue weighted by Gasteiger charge is 2.11. The summed E-state index contributed by atoms with van der Waals surface area (Å²) in [7, 11) is 3.16. The van der Waals surface area contributed by atoms with E-state index in [1.54, 1.807) is 32.4 Å². The normalized spacial score (nSPS) is 9.95. The highest BCUT2D eigenvalue weighted by Crippen LogP contribution is 2.34. The van der Waals surface area contributed by atoms with Gasteiger partial charge >= 0.3 is 0 Å². The molecule has 0 atom stereocenters. The molecule has 0 fully saturated rings. The van der Waals surface area contributed by atoms with Gasteiger partial charge in [0, 0.05) is 10.0 Å². The van der Waals surface area contributed by atoms with Gasteiger partial charge in [0.05, 0.1) is 30.9 Å². The van der Waals surface area contributed by atoms with Gasteiger partial charge in [0.1, 0.15) is 12.4 Å². The SMILES string of the molecule is COc1cc(Br)c(COc2ccc(C#N)cc2Cl)cc1OC. The maximum absolute atomic E-state index is 8.82. The zero-order valence-electron chi connectivity index (χ0n) is 12.0. The lowest BCUT2D eigenvalue weighted by atomic mass is 10.2. The van der Waals surface area contributed by atoms with Crippen molar-refractivity contribution in [2.45, 2.75) is 6.61 Å². The number of benzene rings is 2. The van der Waals surface area contributed by atoms with E-state index in [0.717, 1.165) is 10.0 Å². The molecule has 2 rings (SSSR count). The van der Waals surface area contributed by atoms with Crippen LogP contribution in [0.3, 0.4) is 0 Å². The van der Waals surface area contributed by atoms with Gasteiger partial charge in [0.2, 0.25) is 0 Å². The van der Waals surface area contributed by atoms with Gasteiger partial charge in [-0.1, -0.05) is 27.5 Å². The summed E-state index contributed by atoms with van der Waals surface area (Å²) >= 11 is 9.56. The lowest BCUT2D eigenvalue weighted by Gasteiger charge is -2.13. The first-order valence-electron chi connectivity index (χ1n) is 6.32. The molecule has 0 saturated carbocycles. The highest BCUT2D eigenvalue weighted by atomic mass is 79.9. The molecule has 0 saturated heterocycles. The molecule has 0 radical (unpaired) electrons. The van der Waals surface area contributed by atoms with Crippen molar-refractivity contribution >= 4 is 27.5 Å². The molecule has 0 amide bonds. The van der Waals surface area contributed by atoms with Gasteiger partial charge in [-0.2, -0.15) is 5.26 Å². The van der Waals surface area contributed by atoms with E-state index in [-0.39, 0.29) is 0 Å². The molecule has 114 valence electrons. The molecule has 22 heavy (non-hydrogen) atoms. The van der Waals surface area contributed by atoms with Crippen LogP contribution >= 0.6 is 27.5 Å². The minimum Gasteiger partial charge on any atom is -0.493 e. The molecule has 0 aromatic heterocycles. The number of ether oxygens (including phenoxy) is 3. The Labute approximate surface area is 142 Å². The lowest BCUT2D eigenvalue weighted by Crippen LogP contribution is -1.99. The van der Waals surface area contributed by atoms with Crippen molar-refractivity contribution in [1.29, 1.82) is 5.26 Å². The monoisotopic (exact) mass is 381 g/mol. The van der Waals surface area contributed by atoms with Crippen LogP contribution in [0, 0.1) is 11.3 Å². The number of nitrogens with zero attached hydrogens (tertiary/aromatic N) is 1. The van der Waals surface area contributed by atoms with E-state index in [1.165, 1.54) is 0 Å². The number of hydrogen-bond acceptors (Lipinski definition) is 4. The standard InChI is InChI=1S/C16H13BrClNO3/c1-20-15-6-11(12(17)7-16(15)21-2)9-22-14-4-3-10(8-19)5-13(14)18/h3-7H,9H2,1-2H3. The number of rotatable bonds is 5. The van der Waals surface area contributed by atoms with Crippen LogP contribution in [0.2, 0.25) is 5.02 Å². The molecule has 0 aliphatic heterocycles. The quantitative estimate of drug-likeness (QED) is 0.760. The predicted molar refractivity (Wildman–Crippen MR) is 87.7 cm³/mol. The van der Waals surface area contributed by atoms with Crippen molar-refractivity contribution in [3.05, 3.63) is 51.0 Å². The van der Waals surface area contributed by atoms with Gasteiger partial charge in [0.15, 0.2) is 11.5 Å². The molecule has 0 bridgehead atoms. The summed E-state index contributed by atoms with van der Waals surface area (Å²) in [5.41, 5.74) is 1.38. The first kappa shape index (κ1) is 16.5. The third-order valence-corrected chi connectivity index (χ3v) is 4.03. The average molecular weight is 383 g/mol. The van der Waals surface area contributed by atoms with E-state index in [9.17, 15) is 0 Å². The fraction of sp³-hybridized carbons (Fsp3) is 0.188. The first-order chi connectivity index (χ1) is 10.6. The Morgan fingerprint density at radius 2 is 1.77 bits per heavy atom. The van der Waals surface area contributed by atoms with Gasteiger partial charge in [-0.25, -0.2) is 0 Å². The Morgan fingerprint density at radius 3 is 2.36 bits per heavy atom. The Bertz CT molecular complexity index is 728. The molecule has 0 unspecified atom stereocenters. The zero-order valence-corrected chi connectivity index (χ0v) is 14.4. The predicted octanol–water partition coefficient (Wildman–Crippen LogP) is 4.57. The summed E-state index contributed by atoms with van der Waals surface area (Å²) in [5, 5.41) is 9.22. The van der Waals surface area contributed by atoms with Crippen molar-refractivity contribution in [2.24, 2.45) is 0 Å². The molecule has 0 N–H and O–H groups in total. The lowest BCUT2D eigenvalue weighted by molar-refractivity contribution is 0.303. The number of hydrogen-bond donors (Lipinski definition) is 0. The van der Waals surface area contributed by atoms with E-state index in [2.05, 4.69) is 15.9 Å². The van der Waals surface area contributed by atoms with Gasteiger partial charge in [-0.15, -0.1) is 0 Å². The van der Waals surface area contributed by atoms with Crippen LogP contribution < -0.4 is 14.2 Å². The van der Waals surface area contributed by atoms with E-state index in [0.29, 0.717) is 34.4 Å². The molecule has 2 aromatic rings. The molecule has 4 nitrogen and oxygen atoms in total. The Kier molecular flexibility index (Phi) is 5.53. The summed E-state index contributed by atoms with van der Waals surface area (Å²) < 4.78 is 17.1. The topological polar surface area (TPSA) is 51.5 Å². The van der Waals surface area contributed by atoms with Crippen LogP contribution in [0.15, 0.2) is 34.8 Å². The second kappa shape index (κ2) is 7.39. The summed E-state index contributed by atoms with van der Waals surface area (Å²) in [4.78, 5) is 0.